The van der Waals surface area contributed by atoms with Crippen LogP contribution in [0.15, 0.2) is 0 Å². The molecule has 14 heavy (non-hydrogen) atoms. The van der Waals surface area contributed by atoms with Gasteiger partial charge in [-0.15, -0.1) is 0 Å². The van der Waals surface area contributed by atoms with Crippen LogP contribution in [0.4, 0.5) is 0 Å². The number of hydrogen-bond donors (Lipinski definition) is 2. The summed E-state index contributed by atoms with van der Waals surface area (Å²) < 4.78 is 0. The van der Waals surface area contributed by atoms with Gasteiger partial charge in [-0.1, -0.05) is 50.6 Å². The third-order valence-corrected chi connectivity index (χ3v) is 8.28. The standard InChI is InChI=1S/C8H20N2S2Si2/c1-13(2,9-7-11)5-6-14(3,4)10-8-12/h7-8H,5-6H2,1-4H3,(H,9,11)(H,10,12). The van der Waals surface area contributed by atoms with Gasteiger partial charge in [-0.25, -0.2) is 0 Å². The van der Waals surface area contributed by atoms with E-state index in [0.29, 0.717) is 0 Å². The average molecular weight is 265 g/mol. The first-order valence-corrected chi connectivity index (χ1v) is 12.1. The van der Waals surface area contributed by atoms with Gasteiger partial charge in [0.1, 0.15) is 16.5 Å². The molecule has 0 unspecified atom stereocenters. The van der Waals surface area contributed by atoms with Gasteiger partial charge >= 0.3 is 0 Å². The Morgan fingerprint density at radius 3 is 1.36 bits per heavy atom. The maximum Gasteiger partial charge on any atom is 0.147 e. The van der Waals surface area contributed by atoms with Gasteiger partial charge in [-0.3, -0.25) is 0 Å². The molecule has 0 fully saturated rings. The fraction of sp³-hybridized carbons (Fsp3) is 0.750. The lowest BCUT2D eigenvalue weighted by atomic mass is 10.9. The van der Waals surface area contributed by atoms with Crippen molar-refractivity contribution in [3.63, 3.8) is 0 Å². The van der Waals surface area contributed by atoms with E-state index in [4.69, 9.17) is 24.4 Å². The molecule has 0 amide bonds. The van der Waals surface area contributed by atoms with Crippen molar-refractivity contribution in [3.8, 4) is 0 Å². The van der Waals surface area contributed by atoms with Crippen molar-refractivity contribution in [1.82, 2.24) is 9.96 Å². The molecule has 6 heteroatoms. The van der Waals surface area contributed by atoms with Gasteiger partial charge in [0, 0.05) is 0 Å². The second-order valence-electron chi connectivity index (χ2n) is 4.79. The molecule has 0 radical (unpaired) electrons. The Morgan fingerprint density at radius 1 is 0.857 bits per heavy atom. The minimum Gasteiger partial charge on any atom is -0.408 e. The molecule has 0 spiro atoms. The Morgan fingerprint density at radius 2 is 1.14 bits per heavy atom. The Bertz CT molecular complexity index is 186. The molecule has 0 aromatic rings. The third-order valence-electron chi connectivity index (χ3n) is 2.27. The molecule has 82 valence electrons. The maximum atomic E-state index is 4.83. The smallest absolute Gasteiger partial charge is 0.147 e. The molecule has 0 saturated carbocycles. The van der Waals surface area contributed by atoms with Gasteiger partial charge in [0.15, 0.2) is 0 Å². The van der Waals surface area contributed by atoms with Crippen molar-refractivity contribution < 1.29 is 0 Å². The maximum absolute atomic E-state index is 4.83. The van der Waals surface area contributed by atoms with E-state index < -0.39 is 16.5 Å². The van der Waals surface area contributed by atoms with Crippen molar-refractivity contribution in [1.29, 1.82) is 0 Å². The summed E-state index contributed by atoms with van der Waals surface area (Å²) in [5.74, 6) is 0. The van der Waals surface area contributed by atoms with Crippen LogP contribution in [0.5, 0.6) is 0 Å². The average Bonchev–Trinajstić information content (AvgIpc) is 2.01. The molecule has 0 aromatic carbocycles. The SMILES string of the molecule is C[Si](C)(CC[Si](C)(C)NC=S)NC=S. The van der Waals surface area contributed by atoms with Crippen molar-refractivity contribution in [2.24, 2.45) is 0 Å². The van der Waals surface area contributed by atoms with Crippen LogP contribution in [0.3, 0.4) is 0 Å². The second kappa shape index (κ2) is 5.94. The molecule has 0 aliphatic rings. The summed E-state index contributed by atoms with van der Waals surface area (Å²) in [5.41, 5.74) is 3.32. The van der Waals surface area contributed by atoms with Crippen molar-refractivity contribution >= 4 is 51.9 Å². The van der Waals surface area contributed by atoms with Gasteiger partial charge in [0.05, 0.1) is 11.0 Å². The Kier molecular flexibility index (Phi) is 6.03. The molecule has 0 atom stereocenters. The highest BCUT2D eigenvalue weighted by Crippen LogP contribution is 2.15. The van der Waals surface area contributed by atoms with Crippen molar-refractivity contribution in [2.75, 3.05) is 0 Å². The predicted molar refractivity (Wildman–Crippen MR) is 78.2 cm³/mol. The fourth-order valence-electron chi connectivity index (χ4n) is 1.09. The normalized spacial score (nSPS) is 12.0. The molecule has 0 saturated heterocycles. The van der Waals surface area contributed by atoms with Gasteiger partial charge in [0.25, 0.3) is 0 Å². The van der Waals surface area contributed by atoms with Crippen LogP contribution in [0.2, 0.25) is 38.3 Å². The van der Waals surface area contributed by atoms with E-state index in [0.717, 1.165) is 0 Å². The molecule has 0 rings (SSSR count). The molecule has 2 nitrogen and oxygen atoms in total. The summed E-state index contributed by atoms with van der Waals surface area (Å²) in [6, 6.07) is 2.49. The summed E-state index contributed by atoms with van der Waals surface area (Å²) >= 11 is 9.66. The van der Waals surface area contributed by atoms with E-state index in [-0.39, 0.29) is 0 Å². The van der Waals surface area contributed by atoms with E-state index in [1.807, 2.05) is 0 Å². The Labute approximate surface area is 100 Å². The molecule has 0 bridgehead atoms. The van der Waals surface area contributed by atoms with Crippen LogP contribution in [-0.4, -0.2) is 27.5 Å². The first-order valence-electron chi connectivity index (χ1n) is 4.76. The lowest BCUT2D eigenvalue weighted by molar-refractivity contribution is 1.17. The fourth-order valence-corrected chi connectivity index (χ4v) is 8.93. The summed E-state index contributed by atoms with van der Waals surface area (Å²) in [6.07, 6.45) is 0. The highest BCUT2D eigenvalue weighted by molar-refractivity contribution is 7.79. The van der Waals surface area contributed by atoms with E-state index in [1.54, 1.807) is 11.0 Å². The van der Waals surface area contributed by atoms with Gasteiger partial charge in [-0.05, 0) is 12.1 Å². The molecule has 0 heterocycles. The van der Waals surface area contributed by atoms with Crippen LogP contribution in [-0.2, 0) is 0 Å². The van der Waals surface area contributed by atoms with E-state index >= 15 is 0 Å². The predicted octanol–water partition coefficient (Wildman–Crippen LogP) is 2.49. The van der Waals surface area contributed by atoms with Crippen LogP contribution in [0.1, 0.15) is 0 Å². The summed E-state index contributed by atoms with van der Waals surface area (Å²) in [6.45, 7) is 9.21. The van der Waals surface area contributed by atoms with Crippen molar-refractivity contribution in [3.05, 3.63) is 0 Å². The minimum absolute atomic E-state index is 1.25. The molecular weight excluding hydrogens is 244 g/mol. The Balaban J connectivity index is 4.02. The first kappa shape index (κ1) is 14.2. The monoisotopic (exact) mass is 264 g/mol. The van der Waals surface area contributed by atoms with Gasteiger partial charge in [0.2, 0.25) is 0 Å². The first-order chi connectivity index (χ1) is 6.33. The zero-order valence-electron chi connectivity index (χ0n) is 9.39. The zero-order chi connectivity index (χ0) is 11.2. The molecule has 0 aromatic heterocycles. The topological polar surface area (TPSA) is 24.1 Å². The second-order valence-corrected chi connectivity index (χ2v) is 14.4. The lowest BCUT2D eigenvalue weighted by Gasteiger charge is -2.28. The summed E-state index contributed by atoms with van der Waals surface area (Å²) in [5, 5.41) is 0. The molecular formula is C8H20N2S2Si2. The van der Waals surface area contributed by atoms with Gasteiger partial charge in [-0.2, -0.15) is 0 Å². The van der Waals surface area contributed by atoms with Crippen molar-refractivity contribution in [2.45, 2.75) is 38.3 Å². The van der Waals surface area contributed by atoms with Crippen LogP contribution in [0, 0.1) is 0 Å². The summed E-state index contributed by atoms with van der Waals surface area (Å²) in [7, 11) is -2.61. The minimum atomic E-state index is -1.31. The van der Waals surface area contributed by atoms with E-state index in [9.17, 15) is 0 Å². The summed E-state index contributed by atoms with van der Waals surface area (Å²) in [4.78, 5) is 6.65. The van der Waals surface area contributed by atoms with Gasteiger partial charge < -0.3 is 9.96 Å². The molecule has 0 aliphatic heterocycles. The van der Waals surface area contributed by atoms with E-state index in [1.165, 1.54) is 12.1 Å². The number of nitrogens with one attached hydrogen (secondary N) is 2. The highest BCUT2D eigenvalue weighted by Gasteiger charge is 2.26. The van der Waals surface area contributed by atoms with Crippen LogP contribution >= 0.6 is 24.4 Å². The zero-order valence-corrected chi connectivity index (χ0v) is 13.0. The quantitative estimate of drug-likeness (QED) is 0.545. The molecule has 2 N–H and O–H groups in total. The number of thiocarbonyl (C=S) groups is 2. The lowest BCUT2D eigenvalue weighted by Crippen LogP contribution is -2.48. The third kappa shape index (κ3) is 6.64. The Hall–Kier alpha value is 0.214. The van der Waals surface area contributed by atoms with Crippen LogP contribution < -0.4 is 9.96 Å². The van der Waals surface area contributed by atoms with E-state index in [2.05, 4.69) is 36.2 Å². The number of hydrogen-bond acceptors (Lipinski definition) is 2. The van der Waals surface area contributed by atoms with Crippen LogP contribution in [0.25, 0.3) is 0 Å². The highest BCUT2D eigenvalue weighted by atomic mass is 32.1. The largest absolute Gasteiger partial charge is 0.408 e. The number of rotatable bonds is 7. The molecule has 0 aliphatic carbocycles.